The van der Waals surface area contributed by atoms with E-state index in [1.165, 1.54) is 6.33 Å². The van der Waals surface area contributed by atoms with Crippen molar-refractivity contribution in [2.75, 3.05) is 63.0 Å². The standard InChI is InChI=1S/C45H49N11O5/c46-41-39-40(29-6-9-35(10-7-29)61-34-4-2-1-3-5-34)50-56(42(39)48-28-47-41)32-16-18-51(19-17-32)31-14-20-53(21-15-31)45(60)54-24-22-52(23-25-54)33-8-11-36-30(26-33)27-55(44(36)59)37-12-13-38(57)49-43(37)58/h1-11,26,28,31-32,37H,12-25,27H2,(H2,46,47,48)(H,49,57,58). The van der Waals surface area contributed by atoms with Crippen LogP contribution in [0.15, 0.2) is 79.1 Å². The predicted octanol–water partition coefficient (Wildman–Crippen LogP) is 4.67. The van der Waals surface area contributed by atoms with Crippen LogP contribution in [0.4, 0.5) is 16.3 Å². The second kappa shape index (κ2) is 16.1. The second-order valence-corrected chi connectivity index (χ2v) is 16.7. The zero-order chi connectivity index (χ0) is 41.6. The number of piperidine rings is 3. The maximum atomic E-state index is 13.7. The molecule has 3 aromatic carbocycles. The fraction of sp³-hybridized carbons (Fsp3) is 0.400. The number of imide groups is 1. The van der Waals surface area contributed by atoms with Gasteiger partial charge in [0, 0.05) is 88.2 Å². The first-order valence-electron chi connectivity index (χ1n) is 21.4. The molecule has 314 valence electrons. The van der Waals surface area contributed by atoms with Crippen molar-refractivity contribution in [2.45, 2.75) is 63.2 Å². The number of urea groups is 1. The molecule has 1 atom stereocenters. The minimum Gasteiger partial charge on any atom is -0.457 e. The Morgan fingerprint density at radius 1 is 0.754 bits per heavy atom. The van der Waals surface area contributed by atoms with E-state index in [4.69, 9.17) is 15.6 Å². The number of aromatic nitrogens is 4. The maximum absolute atomic E-state index is 13.7. The number of anilines is 2. The summed E-state index contributed by atoms with van der Waals surface area (Å²) in [4.78, 5) is 70.4. The Morgan fingerprint density at radius 3 is 2.20 bits per heavy atom. The lowest BCUT2D eigenvalue weighted by molar-refractivity contribution is -0.136. The van der Waals surface area contributed by atoms with E-state index in [0.29, 0.717) is 56.6 Å². The number of ether oxygens (including phenoxy) is 1. The molecule has 0 aliphatic carbocycles. The third kappa shape index (κ3) is 7.49. The molecule has 5 aromatic rings. The third-order valence-corrected chi connectivity index (χ3v) is 13.1. The molecule has 4 fully saturated rings. The van der Waals surface area contributed by atoms with Crippen LogP contribution in [0.5, 0.6) is 11.5 Å². The Kier molecular flexibility index (Phi) is 10.2. The highest BCUT2D eigenvalue weighted by atomic mass is 16.5. The number of nitrogen functional groups attached to an aromatic ring is 1. The van der Waals surface area contributed by atoms with Crippen LogP contribution in [-0.4, -0.2) is 128 Å². The minimum absolute atomic E-state index is 0.109. The van der Waals surface area contributed by atoms with Crippen LogP contribution in [0.25, 0.3) is 22.3 Å². The van der Waals surface area contributed by atoms with Crippen molar-refractivity contribution < 1.29 is 23.9 Å². The SMILES string of the molecule is Nc1ncnc2c1c(-c1ccc(Oc3ccccc3)cc1)nn2C1CCN(C2CCN(C(=O)N3CCN(c4ccc5c(c4)CN(C4CCC(=O)NC4=O)C5=O)CC3)CC2)CC1. The number of hydrogen-bond acceptors (Lipinski definition) is 11. The van der Waals surface area contributed by atoms with Gasteiger partial charge >= 0.3 is 6.03 Å². The summed E-state index contributed by atoms with van der Waals surface area (Å²) < 4.78 is 8.06. The minimum atomic E-state index is -0.634. The molecular formula is C45H49N11O5. The van der Waals surface area contributed by atoms with Crippen molar-refractivity contribution in [2.24, 2.45) is 0 Å². The molecule has 5 aliphatic heterocycles. The highest BCUT2D eigenvalue weighted by molar-refractivity contribution is 6.05. The van der Waals surface area contributed by atoms with Gasteiger partial charge in [0.05, 0.1) is 11.4 Å². The van der Waals surface area contributed by atoms with Gasteiger partial charge < -0.3 is 35.0 Å². The molecule has 1 unspecified atom stereocenters. The van der Waals surface area contributed by atoms with Crippen molar-refractivity contribution in [3.63, 3.8) is 0 Å². The predicted molar refractivity (Wildman–Crippen MR) is 228 cm³/mol. The van der Waals surface area contributed by atoms with Gasteiger partial charge in [0.2, 0.25) is 11.8 Å². The Morgan fingerprint density at radius 2 is 1.46 bits per heavy atom. The Bertz CT molecular complexity index is 2470. The number of likely N-dealkylation sites (tertiary alicyclic amines) is 2. The van der Waals surface area contributed by atoms with E-state index in [-0.39, 0.29) is 30.3 Å². The number of hydrogen-bond donors (Lipinski definition) is 2. The summed E-state index contributed by atoms with van der Waals surface area (Å²) in [5, 5.41) is 8.25. The molecule has 5 amide bonds. The lowest BCUT2D eigenvalue weighted by Crippen LogP contribution is -2.56. The highest BCUT2D eigenvalue weighted by Gasteiger charge is 2.40. The average molecular weight is 824 g/mol. The summed E-state index contributed by atoms with van der Waals surface area (Å²) in [5.41, 5.74) is 11.4. The van der Waals surface area contributed by atoms with Gasteiger partial charge in [-0.05, 0) is 92.3 Å². The van der Waals surface area contributed by atoms with E-state index < -0.39 is 11.9 Å². The van der Waals surface area contributed by atoms with Crippen LogP contribution in [-0.2, 0) is 16.1 Å². The molecule has 7 heterocycles. The molecule has 2 aromatic heterocycles. The fourth-order valence-corrected chi connectivity index (χ4v) is 9.79. The van der Waals surface area contributed by atoms with Gasteiger partial charge in [0.1, 0.15) is 35.4 Å². The second-order valence-electron chi connectivity index (χ2n) is 16.7. The Hall–Kier alpha value is -6.55. The van der Waals surface area contributed by atoms with Crippen molar-refractivity contribution >= 4 is 46.3 Å². The topological polar surface area (TPSA) is 175 Å². The molecule has 0 radical (unpaired) electrons. The zero-order valence-corrected chi connectivity index (χ0v) is 34.0. The molecule has 16 heteroatoms. The Balaban J connectivity index is 0.710. The first-order valence-corrected chi connectivity index (χ1v) is 21.4. The molecule has 61 heavy (non-hydrogen) atoms. The van der Waals surface area contributed by atoms with Gasteiger partial charge in [-0.1, -0.05) is 18.2 Å². The van der Waals surface area contributed by atoms with Crippen molar-refractivity contribution in [1.29, 1.82) is 0 Å². The smallest absolute Gasteiger partial charge is 0.320 e. The van der Waals surface area contributed by atoms with Crippen molar-refractivity contribution in [3.8, 4) is 22.8 Å². The largest absolute Gasteiger partial charge is 0.457 e. The molecule has 4 saturated heterocycles. The van der Waals surface area contributed by atoms with Crippen LogP contribution in [0.2, 0.25) is 0 Å². The molecule has 0 saturated carbocycles. The van der Waals surface area contributed by atoms with E-state index in [9.17, 15) is 19.2 Å². The van der Waals surface area contributed by atoms with Gasteiger partial charge in [-0.15, -0.1) is 0 Å². The van der Waals surface area contributed by atoms with E-state index >= 15 is 0 Å². The average Bonchev–Trinajstić information content (AvgIpc) is 3.85. The number of nitrogens with zero attached hydrogens (tertiary/aromatic N) is 9. The quantitative estimate of drug-likeness (QED) is 0.218. The molecule has 10 rings (SSSR count). The van der Waals surface area contributed by atoms with Gasteiger partial charge in [-0.25, -0.2) is 19.4 Å². The number of carbonyl (C=O) groups is 4. The number of nitrogens with two attached hydrogens (primary N) is 1. The highest BCUT2D eigenvalue weighted by Crippen LogP contribution is 2.36. The lowest BCUT2D eigenvalue weighted by Gasteiger charge is -2.43. The molecular weight excluding hydrogens is 775 g/mol. The number of para-hydroxylation sites is 1. The Labute approximate surface area is 353 Å². The van der Waals surface area contributed by atoms with Gasteiger partial charge in [-0.2, -0.15) is 5.10 Å². The molecule has 3 N–H and O–H groups in total. The van der Waals surface area contributed by atoms with Crippen LogP contribution in [0.1, 0.15) is 60.5 Å². The van der Waals surface area contributed by atoms with Gasteiger partial charge in [0.15, 0.2) is 5.65 Å². The maximum Gasteiger partial charge on any atom is 0.320 e. The number of rotatable bonds is 7. The fourth-order valence-electron chi connectivity index (χ4n) is 9.79. The number of amides is 5. The number of piperazine rings is 1. The molecule has 5 aliphatic rings. The van der Waals surface area contributed by atoms with E-state index in [2.05, 4.69) is 29.8 Å². The number of carbonyl (C=O) groups excluding carboxylic acids is 4. The van der Waals surface area contributed by atoms with Crippen molar-refractivity contribution in [1.82, 2.24) is 44.7 Å². The number of nitrogens with one attached hydrogen (secondary N) is 1. The summed E-state index contributed by atoms with van der Waals surface area (Å²) in [7, 11) is 0. The van der Waals surface area contributed by atoms with Crippen LogP contribution >= 0.6 is 0 Å². The summed E-state index contributed by atoms with van der Waals surface area (Å²) >= 11 is 0. The van der Waals surface area contributed by atoms with E-state index in [0.717, 1.165) is 96.9 Å². The summed E-state index contributed by atoms with van der Waals surface area (Å²) in [6, 6.07) is 23.5. The number of benzene rings is 3. The van der Waals surface area contributed by atoms with E-state index in [1.54, 1.807) is 4.90 Å². The van der Waals surface area contributed by atoms with Crippen LogP contribution in [0.3, 0.4) is 0 Å². The monoisotopic (exact) mass is 823 g/mol. The van der Waals surface area contributed by atoms with Crippen LogP contribution in [0, 0.1) is 0 Å². The summed E-state index contributed by atoms with van der Waals surface area (Å²) in [6.07, 6.45) is 5.85. The lowest BCUT2D eigenvalue weighted by atomic mass is 9.98. The summed E-state index contributed by atoms with van der Waals surface area (Å²) in [5.74, 6) is 1.05. The van der Waals surface area contributed by atoms with E-state index in [1.807, 2.05) is 82.6 Å². The molecule has 16 nitrogen and oxygen atoms in total. The molecule has 0 spiro atoms. The molecule has 0 bridgehead atoms. The third-order valence-electron chi connectivity index (χ3n) is 13.1. The first-order chi connectivity index (χ1) is 29.8. The normalized spacial score (nSPS) is 20.7. The zero-order valence-electron chi connectivity index (χ0n) is 34.0. The van der Waals surface area contributed by atoms with Gasteiger partial charge in [0.25, 0.3) is 5.91 Å². The van der Waals surface area contributed by atoms with Gasteiger partial charge in [-0.3, -0.25) is 19.7 Å². The summed E-state index contributed by atoms with van der Waals surface area (Å²) in [6.45, 7) is 6.36. The number of fused-ring (bicyclic) bond motifs is 2. The van der Waals surface area contributed by atoms with Crippen LogP contribution < -0.4 is 20.7 Å². The first kappa shape index (κ1) is 38.6. The van der Waals surface area contributed by atoms with Crippen molar-refractivity contribution in [3.05, 3.63) is 90.3 Å².